The molecular weight excluding hydrogens is 320 g/mol. The smallest absolute Gasteiger partial charge is 0.174 e. The van der Waals surface area contributed by atoms with Crippen molar-refractivity contribution >= 4 is 15.9 Å². The van der Waals surface area contributed by atoms with E-state index >= 15 is 0 Å². The van der Waals surface area contributed by atoms with E-state index in [-0.39, 0.29) is 0 Å². The summed E-state index contributed by atoms with van der Waals surface area (Å²) in [5, 5.41) is 7.22. The van der Waals surface area contributed by atoms with Crippen LogP contribution in [-0.4, -0.2) is 11.7 Å². The van der Waals surface area contributed by atoms with Gasteiger partial charge in [-0.3, -0.25) is 0 Å². The molecule has 2 rings (SSSR count). The van der Waals surface area contributed by atoms with Gasteiger partial charge in [-0.05, 0) is 43.7 Å². The molecule has 0 atom stereocenters. The lowest BCUT2D eigenvalue weighted by atomic mass is 10.2. The molecule has 0 saturated carbocycles. The van der Waals surface area contributed by atoms with Crippen LogP contribution in [0, 0.1) is 6.92 Å². The van der Waals surface area contributed by atoms with Crippen molar-refractivity contribution in [1.82, 2.24) is 10.5 Å². The number of nitrogens with one attached hydrogen (secondary N) is 1. The fourth-order valence-electron chi connectivity index (χ4n) is 1.81. The molecule has 0 fully saturated rings. The first-order chi connectivity index (χ1) is 9.69. The predicted octanol–water partition coefficient (Wildman–Crippen LogP) is 3.82. The quantitative estimate of drug-likeness (QED) is 0.779. The molecule has 1 aromatic heterocycles. The van der Waals surface area contributed by atoms with Gasteiger partial charge in [-0.1, -0.05) is 28.0 Å². The number of ether oxygens (including phenoxy) is 1. The number of hydrogen-bond donors (Lipinski definition) is 1. The van der Waals surface area contributed by atoms with Gasteiger partial charge in [-0.2, -0.15) is 0 Å². The van der Waals surface area contributed by atoms with Crippen LogP contribution in [0.1, 0.15) is 30.4 Å². The van der Waals surface area contributed by atoms with Crippen molar-refractivity contribution < 1.29 is 9.26 Å². The average molecular weight is 339 g/mol. The van der Waals surface area contributed by atoms with Gasteiger partial charge in [0, 0.05) is 17.1 Å². The normalized spacial score (nSPS) is 10.8. The largest absolute Gasteiger partial charge is 0.486 e. The Balaban J connectivity index is 1.95. The highest BCUT2D eigenvalue weighted by atomic mass is 79.9. The Labute approximate surface area is 127 Å². The molecule has 0 unspecified atom stereocenters. The predicted molar refractivity (Wildman–Crippen MR) is 81.7 cm³/mol. The Hall–Kier alpha value is -1.33. The van der Waals surface area contributed by atoms with Crippen molar-refractivity contribution in [3.05, 3.63) is 45.8 Å². The summed E-state index contributed by atoms with van der Waals surface area (Å²) >= 11 is 3.56. The third kappa shape index (κ3) is 4.35. The van der Waals surface area contributed by atoms with Crippen LogP contribution in [0.5, 0.6) is 5.75 Å². The molecule has 0 bridgehead atoms. The minimum absolute atomic E-state index is 0.393. The Morgan fingerprint density at radius 1 is 1.35 bits per heavy atom. The van der Waals surface area contributed by atoms with Crippen LogP contribution in [0.2, 0.25) is 0 Å². The highest BCUT2D eigenvalue weighted by Gasteiger charge is 2.05. The number of hydrogen-bond acceptors (Lipinski definition) is 4. The number of benzene rings is 1. The second-order valence-corrected chi connectivity index (χ2v) is 5.51. The molecule has 1 N–H and O–H groups in total. The van der Waals surface area contributed by atoms with E-state index < -0.39 is 0 Å². The SMILES string of the molecule is CCCNCc1cc(OCc2cc(C)no2)ccc1Br. The summed E-state index contributed by atoms with van der Waals surface area (Å²) in [5.41, 5.74) is 2.05. The molecule has 20 heavy (non-hydrogen) atoms. The number of aryl methyl sites for hydroxylation is 1. The van der Waals surface area contributed by atoms with Gasteiger partial charge in [-0.15, -0.1) is 0 Å². The molecule has 0 aliphatic heterocycles. The van der Waals surface area contributed by atoms with Crippen molar-refractivity contribution in [2.24, 2.45) is 0 Å². The van der Waals surface area contributed by atoms with Gasteiger partial charge in [0.25, 0.3) is 0 Å². The van der Waals surface area contributed by atoms with Crippen LogP contribution in [0.4, 0.5) is 0 Å². The van der Waals surface area contributed by atoms with Gasteiger partial charge in [0.2, 0.25) is 0 Å². The lowest BCUT2D eigenvalue weighted by molar-refractivity contribution is 0.248. The van der Waals surface area contributed by atoms with E-state index in [9.17, 15) is 0 Å². The Kier molecular flexibility index (Phi) is 5.61. The maximum absolute atomic E-state index is 5.72. The first kappa shape index (κ1) is 15.1. The van der Waals surface area contributed by atoms with Crippen LogP contribution >= 0.6 is 15.9 Å². The fraction of sp³-hybridized carbons (Fsp3) is 0.400. The maximum Gasteiger partial charge on any atom is 0.174 e. The highest BCUT2D eigenvalue weighted by molar-refractivity contribution is 9.10. The lowest BCUT2D eigenvalue weighted by Crippen LogP contribution is -2.14. The summed E-state index contributed by atoms with van der Waals surface area (Å²) in [5.74, 6) is 1.56. The first-order valence-electron chi connectivity index (χ1n) is 6.73. The second-order valence-electron chi connectivity index (χ2n) is 4.65. The van der Waals surface area contributed by atoms with Gasteiger partial charge >= 0.3 is 0 Å². The number of halogens is 1. The molecular formula is C15H19BrN2O2. The summed E-state index contributed by atoms with van der Waals surface area (Å²) in [6.07, 6.45) is 1.12. The topological polar surface area (TPSA) is 47.3 Å². The second kappa shape index (κ2) is 7.45. The van der Waals surface area contributed by atoms with Crippen molar-refractivity contribution in [3.8, 4) is 5.75 Å². The van der Waals surface area contributed by atoms with Crippen LogP contribution in [-0.2, 0) is 13.2 Å². The summed E-state index contributed by atoms with van der Waals surface area (Å²) in [6, 6.07) is 7.86. The van der Waals surface area contributed by atoms with Gasteiger partial charge in [0.1, 0.15) is 12.4 Å². The zero-order chi connectivity index (χ0) is 14.4. The van der Waals surface area contributed by atoms with Crippen LogP contribution < -0.4 is 10.1 Å². The van der Waals surface area contributed by atoms with E-state index in [0.717, 1.165) is 41.2 Å². The molecule has 0 aliphatic rings. The Morgan fingerprint density at radius 2 is 2.20 bits per heavy atom. The molecule has 0 saturated heterocycles. The Morgan fingerprint density at radius 3 is 2.90 bits per heavy atom. The molecule has 2 aromatic rings. The molecule has 5 heteroatoms. The molecule has 1 aromatic carbocycles. The number of aromatic nitrogens is 1. The minimum atomic E-state index is 0.393. The van der Waals surface area contributed by atoms with Crippen molar-refractivity contribution in [2.45, 2.75) is 33.4 Å². The van der Waals surface area contributed by atoms with E-state index in [0.29, 0.717) is 6.61 Å². The first-order valence-corrected chi connectivity index (χ1v) is 7.52. The number of rotatable bonds is 7. The zero-order valence-electron chi connectivity index (χ0n) is 11.8. The standard InChI is InChI=1S/C15H19BrN2O2/c1-3-6-17-9-12-8-13(4-5-15(12)16)19-10-14-7-11(2)18-20-14/h4-5,7-8,17H,3,6,9-10H2,1-2H3. The number of nitrogens with zero attached hydrogens (tertiary/aromatic N) is 1. The molecule has 0 amide bonds. The molecule has 1 heterocycles. The van der Waals surface area contributed by atoms with E-state index in [4.69, 9.17) is 9.26 Å². The van der Waals surface area contributed by atoms with Crippen molar-refractivity contribution in [3.63, 3.8) is 0 Å². The molecule has 0 aliphatic carbocycles. The average Bonchev–Trinajstić information content (AvgIpc) is 2.85. The summed E-state index contributed by atoms with van der Waals surface area (Å²) in [4.78, 5) is 0. The van der Waals surface area contributed by atoms with Crippen molar-refractivity contribution in [2.75, 3.05) is 6.54 Å². The molecule has 108 valence electrons. The fourth-order valence-corrected chi connectivity index (χ4v) is 2.20. The summed E-state index contributed by atoms with van der Waals surface area (Å²) in [7, 11) is 0. The molecule has 0 radical (unpaired) electrons. The van der Waals surface area contributed by atoms with Gasteiger partial charge in [-0.25, -0.2) is 0 Å². The van der Waals surface area contributed by atoms with Crippen LogP contribution in [0.25, 0.3) is 0 Å². The highest BCUT2D eigenvalue weighted by Crippen LogP contribution is 2.23. The van der Waals surface area contributed by atoms with E-state index in [1.54, 1.807) is 0 Å². The molecule has 4 nitrogen and oxygen atoms in total. The van der Waals surface area contributed by atoms with Gasteiger partial charge < -0.3 is 14.6 Å². The maximum atomic E-state index is 5.72. The third-order valence-corrected chi connectivity index (χ3v) is 3.59. The van der Waals surface area contributed by atoms with Gasteiger partial charge in [0.05, 0.1) is 5.69 Å². The van der Waals surface area contributed by atoms with Gasteiger partial charge in [0.15, 0.2) is 5.76 Å². The van der Waals surface area contributed by atoms with E-state index in [1.807, 2.05) is 31.2 Å². The van der Waals surface area contributed by atoms with Crippen molar-refractivity contribution in [1.29, 1.82) is 0 Å². The van der Waals surface area contributed by atoms with Crippen LogP contribution in [0.3, 0.4) is 0 Å². The summed E-state index contributed by atoms with van der Waals surface area (Å²) in [6.45, 7) is 6.28. The Bertz CT molecular complexity index is 555. The van der Waals surface area contributed by atoms with Crippen LogP contribution in [0.15, 0.2) is 33.3 Å². The summed E-state index contributed by atoms with van der Waals surface area (Å²) < 4.78 is 11.9. The third-order valence-electron chi connectivity index (χ3n) is 2.82. The monoisotopic (exact) mass is 338 g/mol. The minimum Gasteiger partial charge on any atom is -0.486 e. The van der Waals surface area contributed by atoms with E-state index in [2.05, 4.69) is 33.3 Å². The van der Waals surface area contributed by atoms with E-state index in [1.165, 1.54) is 5.56 Å². The molecule has 0 spiro atoms. The lowest BCUT2D eigenvalue weighted by Gasteiger charge is -2.09. The zero-order valence-corrected chi connectivity index (χ0v) is 13.4.